The van der Waals surface area contributed by atoms with Gasteiger partial charge in [0.1, 0.15) is 12.4 Å². The minimum atomic E-state index is -0.255. The Bertz CT molecular complexity index is 1400. The van der Waals surface area contributed by atoms with Crippen LogP contribution in [0.15, 0.2) is 91.3 Å². The number of nitrogens with zero attached hydrogens (tertiary/aromatic N) is 2. The van der Waals surface area contributed by atoms with Crippen molar-refractivity contribution in [1.82, 2.24) is 9.71 Å². The maximum Gasteiger partial charge on any atom is 0.256 e. The number of aromatic nitrogens is 2. The molecule has 32 heavy (non-hydrogen) atoms. The Morgan fingerprint density at radius 2 is 1.66 bits per heavy atom. The molecule has 0 atom stereocenters. The summed E-state index contributed by atoms with van der Waals surface area (Å²) in [5.41, 5.74) is 3.93. The predicted molar refractivity (Wildman–Crippen MR) is 123 cm³/mol. The lowest BCUT2D eigenvalue weighted by atomic mass is 10.1. The third-order valence-electron chi connectivity index (χ3n) is 5.36. The Kier molecular flexibility index (Phi) is 5.25. The Hall–Kier alpha value is -4.19. The molecule has 0 aliphatic carbocycles. The Morgan fingerprint density at radius 1 is 0.906 bits per heavy atom. The lowest BCUT2D eigenvalue weighted by Crippen LogP contribution is -2.15. The van der Waals surface area contributed by atoms with E-state index in [2.05, 4.69) is 10.3 Å². The normalized spacial score (nSPS) is 11.0. The first-order chi connectivity index (χ1) is 15.7. The van der Waals surface area contributed by atoms with Gasteiger partial charge in [-0.05, 0) is 48.0 Å². The van der Waals surface area contributed by atoms with E-state index in [1.54, 1.807) is 41.4 Å². The number of rotatable bonds is 6. The number of nitrogens with one attached hydrogen (secondary N) is 1. The first-order valence-corrected chi connectivity index (χ1v) is 10.3. The summed E-state index contributed by atoms with van der Waals surface area (Å²) in [6.07, 6.45) is 3.91. The summed E-state index contributed by atoms with van der Waals surface area (Å²) in [5.74, 6) is -0.453. The van der Waals surface area contributed by atoms with Gasteiger partial charge in [0, 0.05) is 40.8 Å². The molecule has 158 valence electrons. The van der Waals surface area contributed by atoms with Crippen LogP contribution in [0.2, 0.25) is 0 Å². The second-order valence-corrected chi connectivity index (χ2v) is 7.41. The number of para-hydroxylation sites is 1. The molecule has 5 nitrogen and oxygen atoms in total. The first kappa shape index (κ1) is 19.8. The highest BCUT2D eigenvalue weighted by Crippen LogP contribution is 2.31. The zero-order valence-electron chi connectivity index (χ0n) is 17.2. The molecule has 2 heterocycles. The average Bonchev–Trinajstić information content (AvgIpc) is 3.15. The molecule has 6 heteroatoms. The number of benzene rings is 3. The van der Waals surface area contributed by atoms with Crippen LogP contribution in [0, 0.1) is 5.82 Å². The largest absolute Gasteiger partial charge is 0.413 e. The van der Waals surface area contributed by atoms with Crippen molar-refractivity contribution in [3.63, 3.8) is 0 Å². The number of halogens is 1. The zero-order valence-corrected chi connectivity index (χ0v) is 17.2. The number of carbonyl (C=O) groups excluding carboxylic acids is 1. The fourth-order valence-electron chi connectivity index (χ4n) is 3.85. The van der Waals surface area contributed by atoms with E-state index in [1.165, 1.54) is 12.1 Å². The summed E-state index contributed by atoms with van der Waals surface area (Å²) in [6, 6.07) is 23.4. The standard InChI is InChI=1S/C26H20FN3O2/c27-19-10-8-18(9-11-19)14-17-32-30-23-6-2-1-4-21(23)25-22(5-3-7-24(25)30)26(31)29-20-12-15-28-16-13-20/h1-13,15-16H,14,17H2,(H,28,29,31). The molecule has 0 saturated heterocycles. The van der Waals surface area contributed by atoms with Crippen LogP contribution in [0.4, 0.5) is 10.1 Å². The number of hydrogen-bond acceptors (Lipinski definition) is 3. The molecule has 0 saturated carbocycles. The highest BCUT2D eigenvalue weighted by Gasteiger charge is 2.18. The van der Waals surface area contributed by atoms with Gasteiger partial charge in [-0.15, -0.1) is 0 Å². The molecule has 5 rings (SSSR count). The van der Waals surface area contributed by atoms with Crippen molar-refractivity contribution < 1.29 is 14.0 Å². The summed E-state index contributed by atoms with van der Waals surface area (Å²) in [7, 11) is 0. The van der Waals surface area contributed by atoms with E-state index in [0.29, 0.717) is 24.3 Å². The van der Waals surface area contributed by atoms with Gasteiger partial charge >= 0.3 is 0 Å². The summed E-state index contributed by atoms with van der Waals surface area (Å²) in [6.45, 7) is 0.410. The van der Waals surface area contributed by atoms with Gasteiger partial charge < -0.3 is 10.2 Å². The minimum Gasteiger partial charge on any atom is -0.413 e. The minimum absolute atomic E-state index is 0.198. The van der Waals surface area contributed by atoms with Gasteiger partial charge in [-0.3, -0.25) is 9.78 Å². The summed E-state index contributed by atoms with van der Waals surface area (Å²) in [4.78, 5) is 23.2. The first-order valence-electron chi connectivity index (χ1n) is 10.3. The van der Waals surface area contributed by atoms with E-state index in [9.17, 15) is 9.18 Å². The SMILES string of the molecule is O=C(Nc1ccncc1)c1cccc2c1c1ccccc1n2OCCc1ccc(F)cc1. The van der Waals surface area contributed by atoms with Crippen molar-refractivity contribution in [3.05, 3.63) is 108 Å². The molecule has 1 N–H and O–H groups in total. The summed E-state index contributed by atoms with van der Waals surface area (Å²) in [5, 5.41) is 4.70. The third kappa shape index (κ3) is 3.78. The van der Waals surface area contributed by atoms with Gasteiger partial charge in [0.25, 0.3) is 5.91 Å². The maximum atomic E-state index is 13.2. The molecular formula is C26H20FN3O2. The van der Waals surface area contributed by atoms with Crippen LogP contribution in [0.3, 0.4) is 0 Å². The number of hydrogen-bond donors (Lipinski definition) is 1. The topological polar surface area (TPSA) is 56.2 Å². The number of pyridine rings is 1. The molecule has 0 aliphatic heterocycles. The van der Waals surface area contributed by atoms with Gasteiger partial charge in [-0.2, -0.15) is 4.73 Å². The maximum absolute atomic E-state index is 13.2. The van der Waals surface area contributed by atoms with Crippen LogP contribution in [0.25, 0.3) is 21.8 Å². The van der Waals surface area contributed by atoms with E-state index in [1.807, 2.05) is 42.5 Å². The Morgan fingerprint density at radius 3 is 2.47 bits per heavy atom. The van der Waals surface area contributed by atoms with Gasteiger partial charge in [0.15, 0.2) is 0 Å². The second kappa shape index (κ2) is 8.51. The molecule has 0 spiro atoms. The molecule has 0 radical (unpaired) electrons. The van der Waals surface area contributed by atoms with Crippen molar-refractivity contribution in [2.24, 2.45) is 0 Å². The van der Waals surface area contributed by atoms with E-state index >= 15 is 0 Å². The van der Waals surface area contributed by atoms with Gasteiger partial charge in [0.2, 0.25) is 0 Å². The van der Waals surface area contributed by atoms with Crippen LogP contribution in [-0.4, -0.2) is 22.2 Å². The van der Waals surface area contributed by atoms with Crippen molar-refractivity contribution in [1.29, 1.82) is 0 Å². The van der Waals surface area contributed by atoms with E-state index < -0.39 is 0 Å². The highest BCUT2D eigenvalue weighted by molar-refractivity contribution is 6.20. The smallest absolute Gasteiger partial charge is 0.256 e. The second-order valence-electron chi connectivity index (χ2n) is 7.41. The van der Waals surface area contributed by atoms with Gasteiger partial charge in [-0.1, -0.05) is 36.4 Å². The summed E-state index contributed by atoms with van der Waals surface area (Å²) < 4.78 is 14.9. The lowest BCUT2D eigenvalue weighted by Gasteiger charge is -2.10. The summed E-state index contributed by atoms with van der Waals surface area (Å²) >= 11 is 0. The zero-order chi connectivity index (χ0) is 21.9. The van der Waals surface area contributed by atoms with Crippen LogP contribution >= 0.6 is 0 Å². The fraction of sp³-hybridized carbons (Fsp3) is 0.0769. The monoisotopic (exact) mass is 425 g/mol. The van der Waals surface area contributed by atoms with Crippen LogP contribution in [0.1, 0.15) is 15.9 Å². The molecular weight excluding hydrogens is 405 g/mol. The van der Waals surface area contributed by atoms with Gasteiger partial charge in [0.05, 0.1) is 11.0 Å². The van der Waals surface area contributed by atoms with Crippen molar-refractivity contribution in [2.75, 3.05) is 11.9 Å². The van der Waals surface area contributed by atoms with Crippen LogP contribution in [-0.2, 0) is 6.42 Å². The van der Waals surface area contributed by atoms with Crippen molar-refractivity contribution in [2.45, 2.75) is 6.42 Å². The van der Waals surface area contributed by atoms with Crippen molar-refractivity contribution >= 4 is 33.4 Å². The highest BCUT2D eigenvalue weighted by atomic mass is 19.1. The Labute approximate surface area is 184 Å². The fourth-order valence-corrected chi connectivity index (χ4v) is 3.85. The number of anilines is 1. The Balaban J connectivity index is 1.50. The van der Waals surface area contributed by atoms with Crippen molar-refractivity contribution in [3.8, 4) is 0 Å². The molecule has 5 aromatic rings. The number of fused-ring (bicyclic) bond motifs is 3. The predicted octanol–water partition coefficient (Wildman–Crippen LogP) is 5.25. The number of amides is 1. The van der Waals surface area contributed by atoms with E-state index in [4.69, 9.17) is 4.84 Å². The van der Waals surface area contributed by atoms with E-state index in [-0.39, 0.29) is 11.7 Å². The molecule has 3 aromatic carbocycles. The van der Waals surface area contributed by atoms with E-state index in [0.717, 1.165) is 27.4 Å². The van der Waals surface area contributed by atoms with Gasteiger partial charge in [-0.25, -0.2) is 4.39 Å². The molecule has 0 bridgehead atoms. The third-order valence-corrected chi connectivity index (χ3v) is 5.36. The van der Waals surface area contributed by atoms with Crippen LogP contribution < -0.4 is 10.2 Å². The average molecular weight is 425 g/mol. The lowest BCUT2D eigenvalue weighted by molar-refractivity contribution is 0.102. The molecule has 1 amide bonds. The van der Waals surface area contributed by atoms with Crippen LogP contribution in [0.5, 0.6) is 0 Å². The molecule has 0 unspecified atom stereocenters. The molecule has 0 fully saturated rings. The quantitative estimate of drug-likeness (QED) is 0.404. The molecule has 2 aromatic heterocycles. The molecule has 0 aliphatic rings. The number of carbonyl (C=O) groups is 1.